The average Bonchev–Trinajstić information content (AvgIpc) is 2.85. The summed E-state index contributed by atoms with van der Waals surface area (Å²) in [5, 5.41) is 9.29. The molecule has 0 spiro atoms. The molecule has 0 saturated heterocycles. The maximum atomic E-state index is 12.4. The second-order valence-electron chi connectivity index (χ2n) is 4.91. The fourth-order valence-corrected chi connectivity index (χ4v) is 2.03. The van der Waals surface area contributed by atoms with Crippen molar-refractivity contribution in [3.8, 4) is 5.75 Å². The van der Waals surface area contributed by atoms with Crippen molar-refractivity contribution in [2.45, 2.75) is 12.5 Å². The van der Waals surface area contributed by atoms with E-state index in [1.165, 1.54) is 6.92 Å². The monoisotopic (exact) mass is 286 g/mol. The molecular formula is C14H14N4O3. The second-order valence-corrected chi connectivity index (χ2v) is 4.91. The van der Waals surface area contributed by atoms with E-state index in [0.29, 0.717) is 17.3 Å². The topological polar surface area (TPSA) is 85.3 Å². The molecule has 0 unspecified atom stereocenters. The number of anilines is 2. The lowest BCUT2D eigenvalue weighted by Crippen LogP contribution is -2.56. The van der Waals surface area contributed by atoms with Gasteiger partial charge in [0.1, 0.15) is 5.75 Å². The third-order valence-corrected chi connectivity index (χ3v) is 3.27. The van der Waals surface area contributed by atoms with Gasteiger partial charge < -0.3 is 15.4 Å². The molecule has 21 heavy (non-hydrogen) atoms. The van der Waals surface area contributed by atoms with Crippen LogP contribution in [0.15, 0.2) is 36.5 Å². The number of benzene rings is 1. The van der Waals surface area contributed by atoms with Crippen LogP contribution in [0.5, 0.6) is 5.75 Å². The van der Waals surface area contributed by atoms with Crippen LogP contribution in [0, 0.1) is 0 Å². The highest BCUT2D eigenvalue weighted by Gasteiger charge is 2.47. The first-order valence-corrected chi connectivity index (χ1v) is 6.39. The molecule has 0 aliphatic carbocycles. The van der Waals surface area contributed by atoms with Gasteiger partial charge in [0.05, 0.1) is 5.69 Å². The summed E-state index contributed by atoms with van der Waals surface area (Å²) >= 11 is 0. The molecule has 3 rings (SSSR count). The minimum absolute atomic E-state index is 0.360. The van der Waals surface area contributed by atoms with Crippen LogP contribution >= 0.6 is 0 Å². The van der Waals surface area contributed by atoms with Gasteiger partial charge in [0.15, 0.2) is 5.82 Å². The number of aromatic nitrogens is 2. The molecule has 2 aromatic rings. The first kappa shape index (κ1) is 13.2. The van der Waals surface area contributed by atoms with Crippen LogP contribution in [-0.4, -0.2) is 27.2 Å². The maximum absolute atomic E-state index is 12.4. The number of nitrogens with one attached hydrogen (secondary N) is 2. The molecule has 7 nitrogen and oxygen atoms in total. The van der Waals surface area contributed by atoms with Crippen LogP contribution in [0.25, 0.3) is 0 Å². The maximum Gasteiger partial charge on any atom is 0.279 e. The number of nitrogens with zero attached hydrogens (tertiary/aromatic N) is 2. The number of hydrogen-bond donors (Lipinski definition) is 2. The number of fused-ring (bicyclic) bond motifs is 1. The third kappa shape index (κ3) is 2.22. The number of amides is 2. The summed E-state index contributed by atoms with van der Waals surface area (Å²) in [6.07, 6.45) is 1.69. The second kappa shape index (κ2) is 4.62. The summed E-state index contributed by atoms with van der Waals surface area (Å²) in [4.78, 5) is 24.6. The van der Waals surface area contributed by atoms with Crippen LogP contribution in [0.4, 0.5) is 11.5 Å². The van der Waals surface area contributed by atoms with E-state index in [9.17, 15) is 9.59 Å². The molecule has 0 radical (unpaired) electrons. The van der Waals surface area contributed by atoms with Gasteiger partial charge in [0.25, 0.3) is 17.4 Å². The average molecular weight is 286 g/mol. The number of ether oxygens (including phenoxy) is 1. The van der Waals surface area contributed by atoms with Gasteiger partial charge in [-0.05, 0) is 19.1 Å². The van der Waals surface area contributed by atoms with Gasteiger partial charge in [-0.25, -0.2) is 0 Å². The predicted octanol–water partition coefficient (Wildman–Crippen LogP) is 1.15. The number of aryl methyl sites for hydroxylation is 1. The van der Waals surface area contributed by atoms with Gasteiger partial charge in [0.2, 0.25) is 0 Å². The number of para-hydroxylation sites is 2. The molecule has 1 aliphatic rings. The van der Waals surface area contributed by atoms with Crippen LogP contribution in [0.1, 0.15) is 6.92 Å². The van der Waals surface area contributed by atoms with Crippen LogP contribution in [0.3, 0.4) is 0 Å². The van der Waals surface area contributed by atoms with E-state index in [1.807, 2.05) is 0 Å². The summed E-state index contributed by atoms with van der Waals surface area (Å²) in [7, 11) is 1.73. The van der Waals surface area contributed by atoms with E-state index < -0.39 is 17.4 Å². The minimum atomic E-state index is -1.65. The Kier molecular flexibility index (Phi) is 2.90. The van der Waals surface area contributed by atoms with Crippen molar-refractivity contribution in [1.29, 1.82) is 0 Å². The highest BCUT2D eigenvalue weighted by atomic mass is 16.5. The van der Waals surface area contributed by atoms with E-state index >= 15 is 0 Å². The zero-order chi connectivity index (χ0) is 15.0. The SMILES string of the molecule is Cn1ccc(NC(=O)[C@]2(C)Oc3ccccc3NC2=O)n1. The Morgan fingerprint density at radius 1 is 1.38 bits per heavy atom. The van der Waals surface area contributed by atoms with E-state index in [2.05, 4.69) is 15.7 Å². The predicted molar refractivity (Wildman–Crippen MR) is 75.9 cm³/mol. The summed E-state index contributed by atoms with van der Waals surface area (Å²) in [5.74, 6) is -0.280. The van der Waals surface area contributed by atoms with Crippen molar-refractivity contribution in [1.82, 2.24) is 9.78 Å². The third-order valence-electron chi connectivity index (χ3n) is 3.27. The van der Waals surface area contributed by atoms with Gasteiger partial charge in [-0.2, -0.15) is 5.10 Å². The number of rotatable bonds is 2. The van der Waals surface area contributed by atoms with E-state index in [0.717, 1.165) is 0 Å². The van der Waals surface area contributed by atoms with Gasteiger partial charge in [-0.1, -0.05) is 12.1 Å². The Morgan fingerprint density at radius 2 is 2.14 bits per heavy atom. The van der Waals surface area contributed by atoms with Crippen molar-refractivity contribution in [3.63, 3.8) is 0 Å². The molecule has 1 atom stereocenters. The summed E-state index contributed by atoms with van der Waals surface area (Å²) in [5.41, 5.74) is -1.10. The van der Waals surface area contributed by atoms with Crippen molar-refractivity contribution in [2.24, 2.45) is 7.05 Å². The fraction of sp³-hybridized carbons (Fsp3) is 0.214. The van der Waals surface area contributed by atoms with Gasteiger partial charge in [-0.3, -0.25) is 14.3 Å². The molecule has 0 saturated carbocycles. The molecule has 1 aromatic heterocycles. The smallest absolute Gasteiger partial charge is 0.279 e. The Hall–Kier alpha value is -2.83. The van der Waals surface area contributed by atoms with Gasteiger partial charge in [-0.15, -0.1) is 0 Å². The molecule has 2 N–H and O–H groups in total. The van der Waals surface area contributed by atoms with Gasteiger partial charge in [0, 0.05) is 19.3 Å². The molecule has 7 heteroatoms. The standard InChI is InChI=1S/C14H14N4O3/c1-14(13(20)16-11-7-8-18(2)17-11)12(19)15-9-5-3-4-6-10(9)21-14/h3-8H,1-2H3,(H,15,19)(H,16,17,20)/t14-/m1/s1. The number of hydrogen-bond acceptors (Lipinski definition) is 4. The summed E-state index contributed by atoms with van der Waals surface area (Å²) < 4.78 is 7.16. The Labute approximate surface area is 120 Å². The largest absolute Gasteiger partial charge is 0.466 e. The molecule has 1 aliphatic heterocycles. The first-order valence-electron chi connectivity index (χ1n) is 6.39. The zero-order valence-electron chi connectivity index (χ0n) is 11.6. The normalized spacial score (nSPS) is 20.2. The van der Waals surface area contributed by atoms with Crippen molar-refractivity contribution >= 4 is 23.3 Å². The molecule has 0 fully saturated rings. The van der Waals surface area contributed by atoms with Crippen LogP contribution < -0.4 is 15.4 Å². The molecule has 2 heterocycles. The zero-order valence-corrected chi connectivity index (χ0v) is 11.6. The Morgan fingerprint density at radius 3 is 2.86 bits per heavy atom. The molecule has 0 bridgehead atoms. The molecular weight excluding hydrogens is 272 g/mol. The molecule has 2 amide bonds. The Bertz CT molecular complexity index is 725. The van der Waals surface area contributed by atoms with E-state index in [-0.39, 0.29) is 0 Å². The fourth-order valence-electron chi connectivity index (χ4n) is 2.03. The minimum Gasteiger partial charge on any atom is -0.466 e. The summed E-state index contributed by atoms with van der Waals surface area (Å²) in [6, 6.07) is 8.59. The molecule has 108 valence electrons. The quantitative estimate of drug-likeness (QED) is 0.811. The lowest BCUT2D eigenvalue weighted by molar-refractivity contribution is -0.143. The Balaban J connectivity index is 1.86. The number of carbonyl (C=O) groups is 2. The number of carbonyl (C=O) groups excluding carboxylic acids is 2. The lowest BCUT2D eigenvalue weighted by atomic mass is 10.0. The van der Waals surface area contributed by atoms with E-state index in [4.69, 9.17) is 4.74 Å². The van der Waals surface area contributed by atoms with Crippen molar-refractivity contribution < 1.29 is 14.3 Å². The van der Waals surface area contributed by atoms with E-state index in [1.54, 1.807) is 48.3 Å². The highest BCUT2D eigenvalue weighted by molar-refractivity contribution is 6.18. The van der Waals surface area contributed by atoms with Crippen molar-refractivity contribution in [2.75, 3.05) is 10.6 Å². The van der Waals surface area contributed by atoms with Crippen molar-refractivity contribution in [3.05, 3.63) is 36.5 Å². The highest BCUT2D eigenvalue weighted by Crippen LogP contribution is 2.33. The van der Waals surface area contributed by atoms with Crippen LogP contribution in [-0.2, 0) is 16.6 Å². The molecule has 1 aromatic carbocycles. The van der Waals surface area contributed by atoms with Gasteiger partial charge >= 0.3 is 0 Å². The lowest BCUT2D eigenvalue weighted by Gasteiger charge is -2.32. The first-order chi connectivity index (χ1) is 9.99. The van der Waals surface area contributed by atoms with Crippen LogP contribution in [0.2, 0.25) is 0 Å². The summed E-state index contributed by atoms with van der Waals surface area (Å²) in [6.45, 7) is 1.43.